The summed E-state index contributed by atoms with van der Waals surface area (Å²) in [6.45, 7) is 0.623. The lowest BCUT2D eigenvalue weighted by Crippen LogP contribution is -2.16. The molecule has 2 nitrogen and oxygen atoms in total. The van der Waals surface area contributed by atoms with Crippen LogP contribution in [-0.4, -0.2) is 6.04 Å². The van der Waals surface area contributed by atoms with E-state index in [1.165, 1.54) is 12.1 Å². The number of nitrogens with one attached hydrogen (secondary N) is 1. The first-order valence-electron chi connectivity index (χ1n) is 8.03. The molecule has 122 valence electrons. The van der Waals surface area contributed by atoms with Crippen molar-refractivity contribution in [3.63, 3.8) is 0 Å². The lowest BCUT2D eigenvalue weighted by molar-refractivity contribution is 0.490. The molecule has 0 unspecified atom stereocenters. The molecule has 1 aromatic heterocycles. The molecule has 0 amide bonds. The van der Waals surface area contributed by atoms with Crippen molar-refractivity contribution in [2.45, 2.75) is 24.9 Å². The van der Waals surface area contributed by atoms with Gasteiger partial charge in [0.25, 0.3) is 0 Å². The molecular weight excluding hydrogens is 308 g/mol. The Morgan fingerprint density at radius 2 is 1.79 bits per heavy atom. The maximum Gasteiger partial charge on any atom is 0.159 e. The van der Waals surface area contributed by atoms with Gasteiger partial charge in [0, 0.05) is 17.5 Å². The number of benzene rings is 2. The highest BCUT2D eigenvalue weighted by Gasteiger charge is 2.38. The van der Waals surface area contributed by atoms with Crippen LogP contribution in [0.15, 0.2) is 65.1 Å². The Hall–Kier alpha value is -2.46. The SMILES string of the molecule is Fc1ccc([C@@H]2C[C@H]2NCc2ccc(-c3ccccc3)o2)cc1F. The van der Waals surface area contributed by atoms with Gasteiger partial charge in [-0.2, -0.15) is 0 Å². The maximum atomic E-state index is 13.3. The first kappa shape index (κ1) is 15.1. The molecule has 0 aliphatic heterocycles. The van der Waals surface area contributed by atoms with Gasteiger partial charge in [0.2, 0.25) is 0 Å². The topological polar surface area (TPSA) is 25.2 Å². The Balaban J connectivity index is 1.35. The minimum absolute atomic E-state index is 0.239. The summed E-state index contributed by atoms with van der Waals surface area (Å²) < 4.78 is 32.1. The Bertz CT molecular complexity index is 844. The molecule has 2 atom stereocenters. The van der Waals surface area contributed by atoms with Crippen molar-refractivity contribution >= 4 is 0 Å². The van der Waals surface area contributed by atoms with Crippen LogP contribution in [0.3, 0.4) is 0 Å². The van der Waals surface area contributed by atoms with Crippen LogP contribution in [0, 0.1) is 11.6 Å². The third-order valence-corrected chi connectivity index (χ3v) is 4.42. The molecule has 4 heteroatoms. The van der Waals surface area contributed by atoms with E-state index in [0.29, 0.717) is 6.54 Å². The summed E-state index contributed by atoms with van der Waals surface area (Å²) in [5.41, 5.74) is 1.89. The zero-order chi connectivity index (χ0) is 16.5. The molecular formula is C20H17F2NO. The van der Waals surface area contributed by atoms with E-state index in [4.69, 9.17) is 4.42 Å². The predicted molar refractivity (Wildman–Crippen MR) is 88.5 cm³/mol. The molecule has 0 spiro atoms. The summed E-state index contributed by atoms with van der Waals surface area (Å²) in [6.07, 6.45) is 0.928. The van der Waals surface area contributed by atoms with E-state index in [-0.39, 0.29) is 12.0 Å². The standard InChI is InChI=1S/C20H17F2NO/c21-17-8-6-14(10-18(17)22)16-11-19(16)23-12-15-7-9-20(24-15)13-4-2-1-3-5-13/h1-10,16,19,23H,11-12H2/t16-,19+/m0/s1. The van der Waals surface area contributed by atoms with Crippen molar-refractivity contribution in [2.24, 2.45) is 0 Å². The molecule has 3 aromatic rings. The van der Waals surface area contributed by atoms with Crippen molar-refractivity contribution in [2.75, 3.05) is 0 Å². The highest BCUT2D eigenvalue weighted by Crippen LogP contribution is 2.41. The molecule has 24 heavy (non-hydrogen) atoms. The van der Waals surface area contributed by atoms with Crippen LogP contribution in [0.5, 0.6) is 0 Å². The third kappa shape index (κ3) is 3.10. The lowest BCUT2D eigenvalue weighted by Gasteiger charge is -2.03. The summed E-state index contributed by atoms with van der Waals surface area (Å²) in [4.78, 5) is 0. The van der Waals surface area contributed by atoms with Crippen molar-refractivity contribution in [1.29, 1.82) is 0 Å². The Morgan fingerprint density at radius 1 is 0.958 bits per heavy atom. The monoisotopic (exact) mass is 325 g/mol. The van der Waals surface area contributed by atoms with Gasteiger partial charge in [0.15, 0.2) is 11.6 Å². The van der Waals surface area contributed by atoms with Crippen LogP contribution in [0.2, 0.25) is 0 Å². The van der Waals surface area contributed by atoms with Gasteiger partial charge >= 0.3 is 0 Å². The molecule has 0 saturated heterocycles. The number of hydrogen-bond acceptors (Lipinski definition) is 2. The number of hydrogen-bond donors (Lipinski definition) is 1. The molecule has 2 aromatic carbocycles. The van der Waals surface area contributed by atoms with E-state index in [1.54, 1.807) is 6.07 Å². The summed E-state index contributed by atoms with van der Waals surface area (Å²) in [7, 11) is 0. The summed E-state index contributed by atoms with van der Waals surface area (Å²) >= 11 is 0. The van der Waals surface area contributed by atoms with Crippen molar-refractivity contribution in [3.8, 4) is 11.3 Å². The van der Waals surface area contributed by atoms with Gasteiger partial charge in [0.05, 0.1) is 6.54 Å². The minimum atomic E-state index is -0.798. The highest BCUT2D eigenvalue weighted by molar-refractivity contribution is 5.57. The van der Waals surface area contributed by atoms with Crippen molar-refractivity contribution < 1.29 is 13.2 Å². The fraction of sp³-hybridized carbons (Fsp3) is 0.200. The summed E-state index contributed by atoms with van der Waals surface area (Å²) in [5, 5.41) is 3.41. The van der Waals surface area contributed by atoms with Gasteiger partial charge in [-0.05, 0) is 36.2 Å². The van der Waals surface area contributed by atoms with Crippen LogP contribution in [-0.2, 0) is 6.54 Å². The molecule has 1 heterocycles. The summed E-state index contributed by atoms with van der Waals surface area (Å²) in [6, 6.07) is 18.3. The van der Waals surface area contributed by atoms with Gasteiger partial charge in [-0.25, -0.2) is 8.78 Å². The average Bonchev–Trinajstić information content (AvgIpc) is 3.23. The summed E-state index contributed by atoms with van der Waals surface area (Å²) in [5.74, 6) is 0.374. The molecule has 4 rings (SSSR count). The molecule has 1 fully saturated rings. The van der Waals surface area contributed by atoms with Crippen LogP contribution in [0.25, 0.3) is 11.3 Å². The van der Waals surface area contributed by atoms with Gasteiger partial charge in [0.1, 0.15) is 11.5 Å². The first-order valence-corrected chi connectivity index (χ1v) is 8.03. The van der Waals surface area contributed by atoms with E-state index in [9.17, 15) is 8.78 Å². The highest BCUT2D eigenvalue weighted by atomic mass is 19.2. The van der Waals surface area contributed by atoms with Crippen LogP contribution < -0.4 is 5.32 Å². The fourth-order valence-corrected chi connectivity index (χ4v) is 2.99. The molecule has 1 saturated carbocycles. The molecule has 0 radical (unpaired) electrons. The molecule has 1 aliphatic rings. The van der Waals surface area contributed by atoms with E-state index in [2.05, 4.69) is 5.32 Å². The van der Waals surface area contributed by atoms with Gasteiger partial charge in [-0.3, -0.25) is 0 Å². The smallest absolute Gasteiger partial charge is 0.159 e. The second-order valence-corrected chi connectivity index (χ2v) is 6.14. The van der Waals surface area contributed by atoms with Crippen LogP contribution >= 0.6 is 0 Å². The van der Waals surface area contributed by atoms with Gasteiger partial charge < -0.3 is 9.73 Å². The second kappa shape index (κ2) is 6.21. The van der Waals surface area contributed by atoms with E-state index < -0.39 is 11.6 Å². The Morgan fingerprint density at radius 3 is 2.58 bits per heavy atom. The second-order valence-electron chi connectivity index (χ2n) is 6.14. The fourth-order valence-electron chi connectivity index (χ4n) is 2.99. The number of halogens is 2. The van der Waals surface area contributed by atoms with E-state index in [1.807, 2.05) is 42.5 Å². The lowest BCUT2D eigenvalue weighted by atomic mass is 10.1. The zero-order valence-corrected chi connectivity index (χ0v) is 13.0. The minimum Gasteiger partial charge on any atom is -0.460 e. The molecule has 1 aliphatic carbocycles. The van der Waals surface area contributed by atoms with Gasteiger partial charge in [-0.15, -0.1) is 0 Å². The van der Waals surface area contributed by atoms with Crippen LogP contribution in [0.4, 0.5) is 8.78 Å². The number of rotatable bonds is 5. The van der Waals surface area contributed by atoms with Crippen molar-refractivity contribution in [1.82, 2.24) is 5.32 Å². The third-order valence-electron chi connectivity index (χ3n) is 4.42. The zero-order valence-electron chi connectivity index (χ0n) is 13.0. The van der Waals surface area contributed by atoms with Gasteiger partial charge in [-0.1, -0.05) is 36.4 Å². The average molecular weight is 325 g/mol. The van der Waals surface area contributed by atoms with E-state index in [0.717, 1.165) is 29.1 Å². The predicted octanol–water partition coefficient (Wildman–Crippen LogP) is 4.87. The van der Waals surface area contributed by atoms with Crippen molar-refractivity contribution in [3.05, 3.63) is 83.6 Å². The Kier molecular flexibility index (Phi) is 3.90. The van der Waals surface area contributed by atoms with E-state index >= 15 is 0 Å². The first-order chi connectivity index (χ1) is 11.7. The largest absolute Gasteiger partial charge is 0.460 e. The normalized spacial score (nSPS) is 19.4. The molecule has 1 N–H and O–H groups in total. The Labute approximate surface area is 139 Å². The number of furan rings is 1. The van der Waals surface area contributed by atoms with Crippen LogP contribution in [0.1, 0.15) is 23.7 Å². The quantitative estimate of drug-likeness (QED) is 0.724. The maximum absolute atomic E-state index is 13.3. The molecule has 0 bridgehead atoms.